The SMILES string of the molecule is CCCOc1cccc(N2C(=O)C(=O)/C(=C(/O)c3cc(C)ccc3OC)C2c2ccccc2)c1. The van der Waals surface area contributed by atoms with Crippen molar-refractivity contribution in [2.75, 3.05) is 18.6 Å². The zero-order valence-electron chi connectivity index (χ0n) is 19.4. The number of aliphatic hydroxyl groups is 1. The first-order valence-corrected chi connectivity index (χ1v) is 11.2. The van der Waals surface area contributed by atoms with Crippen LogP contribution in [-0.2, 0) is 9.59 Å². The Kier molecular flexibility index (Phi) is 6.68. The number of carbonyl (C=O) groups excluding carboxylic acids is 2. The molecule has 1 atom stereocenters. The van der Waals surface area contributed by atoms with Crippen molar-refractivity contribution in [3.8, 4) is 11.5 Å². The molecule has 34 heavy (non-hydrogen) atoms. The molecule has 1 fully saturated rings. The van der Waals surface area contributed by atoms with Crippen LogP contribution in [0, 0.1) is 6.92 Å². The van der Waals surface area contributed by atoms with Crippen molar-refractivity contribution in [1.29, 1.82) is 0 Å². The Hall–Kier alpha value is -4.06. The minimum absolute atomic E-state index is 0.0139. The van der Waals surface area contributed by atoms with Crippen LogP contribution in [0.25, 0.3) is 5.76 Å². The van der Waals surface area contributed by atoms with E-state index in [9.17, 15) is 14.7 Å². The molecule has 174 valence electrons. The van der Waals surface area contributed by atoms with Crippen molar-refractivity contribution >= 4 is 23.1 Å². The first kappa shape index (κ1) is 23.1. The molecular weight excluding hydrogens is 430 g/mol. The van der Waals surface area contributed by atoms with E-state index in [1.165, 1.54) is 12.0 Å². The fraction of sp³-hybridized carbons (Fsp3) is 0.214. The number of hydrogen-bond acceptors (Lipinski definition) is 5. The van der Waals surface area contributed by atoms with Crippen LogP contribution in [0.15, 0.2) is 78.4 Å². The van der Waals surface area contributed by atoms with Gasteiger partial charge in [-0.3, -0.25) is 14.5 Å². The minimum atomic E-state index is -0.812. The van der Waals surface area contributed by atoms with Crippen LogP contribution < -0.4 is 14.4 Å². The summed E-state index contributed by atoms with van der Waals surface area (Å²) in [4.78, 5) is 28.1. The van der Waals surface area contributed by atoms with Crippen LogP contribution in [0.4, 0.5) is 5.69 Å². The minimum Gasteiger partial charge on any atom is -0.507 e. The summed E-state index contributed by atoms with van der Waals surface area (Å²) in [5, 5.41) is 11.4. The van der Waals surface area contributed by atoms with Crippen LogP contribution in [-0.4, -0.2) is 30.5 Å². The molecular formula is C28H27NO5. The first-order chi connectivity index (χ1) is 16.5. The molecule has 1 saturated heterocycles. The number of anilines is 1. The van der Waals surface area contributed by atoms with Gasteiger partial charge in [0.2, 0.25) is 0 Å². The lowest BCUT2D eigenvalue weighted by Crippen LogP contribution is -2.29. The molecule has 0 bridgehead atoms. The van der Waals surface area contributed by atoms with Gasteiger partial charge in [0.05, 0.1) is 30.9 Å². The van der Waals surface area contributed by atoms with Crippen LogP contribution in [0.1, 0.15) is 36.1 Å². The van der Waals surface area contributed by atoms with E-state index in [4.69, 9.17) is 9.47 Å². The van der Waals surface area contributed by atoms with Crippen molar-refractivity contribution in [2.24, 2.45) is 0 Å². The molecule has 1 aliphatic rings. The van der Waals surface area contributed by atoms with Crippen molar-refractivity contribution in [3.05, 3.63) is 95.1 Å². The van der Waals surface area contributed by atoms with E-state index in [0.29, 0.717) is 34.9 Å². The van der Waals surface area contributed by atoms with Gasteiger partial charge in [0.15, 0.2) is 0 Å². The second-order valence-electron chi connectivity index (χ2n) is 8.13. The van der Waals surface area contributed by atoms with Crippen LogP contribution >= 0.6 is 0 Å². The summed E-state index contributed by atoms with van der Waals surface area (Å²) in [6.45, 7) is 4.43. The molecule has 1 amide bonds. The number of Topliss-reactive ketones (excluding diaryl/α,β-unsaturated/α-hetero) is 1. The Morgan fingerprint density at radius 3 is 2.47 bits per heavy atom. The molecule has 0 saturated carbocycles. The Morgan fingerprint density at radius 1 is 1.00 bits per heavy atom. The number of aliphatic hydroxyl groups excluding tert-OH is 1. The number of nitrogens with zero attached hydrogens (tertiary/aromatic N) is 1. The maximum Gasteiger partial charge on any atom is 0.300 e. The largest absolute Gasteiger partial charge is 0.507 e. The van der Waals surface area contributed by atoms with E-state index in [1.807, 2.05) is 56.3 Å². The maximum atomic E-state index is 13.3. The lowest BCUT2D eigenvalue weighted by molar-refractivity contribution is -0.132. The van der Waals surface area contributed by atoms with Gasteiger partial charge in [0.1, 0.15) is 17.3 Å². The van der Waals surface area contributed by atoms with Crippen LogP contribution in [0.5, 0.6) is 11.5 Å². The highest BCUT2D eigenvalue weighted by Gasteiger charge is 2.47. The number of benzene rings is 3. The van der Waals surface area contributed by atoms with Crippen molar-refractivity contribution < 1.29 is 24.2 Å². The Labute approximate surface area is 199 Å². The van der Waals surface area contributed by atoms with Crippen LogP contribution in [0.3, 0.4) is 0 Å². The molecule has 1 unspecified atom stereocenters. The lowest BCUT2D eigenvalue weighted by atomic mass is 9.94. The predicted molar refractivity (Wildman–Crippen MR) is 131 cm³/mol. The predicted octanol–water partition coefficient (Wildman–Crippen LogP) is 5.42. The topological polar surface area (TPSA) is 76.1 Å². The van der Waals surface area contributed by atoms with E-state index < -0.39 is 17.7 Å². The van der Waals surface area contributed by atoms with Crippen LogP contribution in [0.2, 0.25) is 0 Å². The van der Waals surface area contributed by atoms with E-state index >= 15 is 0 Å². The summed E-state index contributed by atoms with van der Waals surface area (Å²) in [5.41, 5.74) is 2.48. The molecule has 1 heterocycles. The molecule has 6 nitrogen and oxygen atoms in total. The second-order valence-corrected chi connectivity index (χ2v) is 8.13. The average molecular weight is 458 g/mol. The van der Waals surface area contributed by atoms with Gasteiger partial charge in [-0.1, -0.05) is 55.0 Å². The number of hydrogen-bond donors (Lipinski definition) is 1. The normalized spacial score (nSPS) is 17.1. The highest BCUT2D eigenvalue weighted by atomic mass is 16.5. The number of amides is 1. The quantitative estimate of drug-likeness (QED) is 0.291. The summed E-state index contributed by atoms with van der Waals surface area (Å²) in [5.74, 6) is -0.720. The van der Waals surface area contributed by atoms with Gasteiger partial charge in [-0.15, -0.1) is 0 Å². The van der Waals surface area contributed by atoms with Gasteiger partial charge in [-0.2, -0.15) is 0 Å². The van der Waals surface area contributed by atoms with Gasteiger partial charge < -0.3 is 14.6 Å². The van der Waals surface area contributed by atoms with E-state index in [0.717, 1.165) is 12.0 Å². The van der Waals surface area contributed by atoms with Gasteiger partial charge in [0.25, 0.3) is 11.7 Å². The van der Waals surface area contributed by atoms with Crippen molar-refractivity contribution in [2.45, 2.75) is 26.3 Å². The number of ketones is 1. The summed E-state index contributed by atoms with van der Waals surface area (Å²) in [6, 6.07) is 20.8. The first-order valence-electron chi connectivity index (χ1n) is 11.2. The Morgan fingerprint density at radius 2 is 1.76 bits per heavy atom. The lowest BCUT2D eigenvalue weighted by Gasteiger charge is -2.26. The van der Waals surface area contributed by atoms with E-state index in [-0.39, 0.29) is 11.3 Å². The van der Waals surface area contributed by atoms with E-state index in [2.05, 4.69) is 0 Å². The zero-order valence-corrected chi connectivity index (χ0v) is 19.4. The third-order valence-electron chi connectivity index (χ3n) is 5.74. The molecule has 6 heteroatoms. The molecule has 1 N–H and O–H groups in total. The number of aryl methyl sites for hydroxylation is 1. The highest BCUT2D eigenvalue weighted by Crippen LogP contribution is 2.43. The zero-order chi connectivity index (χ0) is 24.2. The molecule has 0 spiro atoms. The monoisotopic (exact) mass is 457 g/mol. The third kappa shape index (κ3) is 4.27. The van der Waals surface area contributed by atoms with Gasteiger partial charge >= 0.3 is 0 Å². The molecule has 0 radical (unpaired) electrons. The summed E-state index contributed by atoms with van der Waals surface area (Å²) < 4.78 is 11.2. The highest BCUT2D eigenvalue weighted by molar-refractivity contribution is 6.51. The van der Waals surface area contributed by atoms with Gasteiger partial charge in [-0.05, 0) is 43.2 Å². The maximum absolute atomic E-state index is 13.3. The Bertz CT molecular complexity index is 1250. The fourth-order valence-corrected chi connectivity index (χ4v) is 4.14. The number of carbonyl (C=O) groups is 2. The standard InChI is InChI=1S/C28H27NO5/c1-4-15-34-21-12-8-11-20(17-21)29-25(19-9-6-5-7-10-19)24(27(31)28(29)32)26(30)22-16-18(2)13-14-23(22)33-3/h5-14,16-17,25,30H,4,15H2,1-3H3/b26-24+. The van der Waals surface area contributed by atoms with E-state index in [1.54, 1.807) is 30.3 Å². The molecule has 0 aliphatic carbocycles. The molecule has 3 aromatic carbocycles. The number of rotatable bonds is 7. The summed E-state index contributed by atoms with van der Waals surface area (Å²) >= 11 is 0. The number of ether oxygens (including phenoxy) is 2. The third-order valence-corrected chi connectivity index (χ3v) is 5.74. The fourth-order valence-electron chi connectivity index (χ4n) is 4.14. The molecule has 0 aromatic heterocycles. The molecule has 1 aliphatic heterocycles. The molecule has 4 rings (SSSR count). The van der Waals surface area contributed by atoms with Crippen molar-refractivity contribution in [1.82, 2.24) is 0 Å². The number of methoxy groups -OCH3 is 1. The van der Waals surface area contributed by atoms with Gasteiger partial charge in [-0.25, -0.2) is 0 Å². The summed E-state index contributed by atoms with van der Waals surface area (Å²) in [6.07, 6.45) is 0.844. The average Bonchev–Trinajstić information content (AvgIpc) is 3.13. The van der Waals surface area contributed by atoms with Crippen molar-refractivity contribution in [3.63, 3.8) is 0 Å². The Balaban J connectivity index is 1.92. The smallest absolute Gasteiger partial charge is 0.300 e. The van der Waals surface area contributed by atoms with Gasteiger partial charge in [0, 0.05) is 11.8 Å². The second kappa shape index (κ2) is 9.83. The summed E-state index contributed by atoms with van der Waals surface area (Å²) in [7, 11) is 1.50. The molecule has 3 aromatic rings.